The summed E-state index contributed by atoms with van der Waals surface area (Å²) in [5, 5.41) is 15.7. The maximum atomic E-state index is 12.4. The van der Waals surface area contributed by atoms with Gasteiger partial charge in [0.1, 0.15) is 0 Å². The molecule has 0 bridgehead atoms. The summed E-state index contributed by atoms with van der Waals surface area (Å²) in [4.78, 5) is 14.0. The van der Waals surface area contributed by atoms with Gasteiger partial charge in [0.2, 0.25) is 0 Å². The van der Waals surface area contributed by atoms with Crippen LogP contribution in [-0.2, 0) is 11.3 Å². The fourth-order valence-electron chi connectivity index (χ4n) is 2.77. The lowest BCUT2D eigenvalue weighted by molar-refractivity contribution is 0.0891. The van der Waals surface area contributed by atoms with E-state index in [0.29, 0.717) is 17.9 Å². The van der Waals surface area contributed by atoms with Gasteiger partial charge in [-0.3, -0.25) is 4.79 Å². The van der Waals surface area contributed by atoms with Gasteiger partial charge in [0.25, 0.3) is 5.91 Å². The number of hydrogen-bond donors (Lipinski definition) is 1. The quantitative estimate of drug-likeness (QED) is 0.876. The van der Waals surface area contributed by atoms with Crippen molar-refractivity contribution in [2.75, 3.05) is 6.61 Å². The number of ether oxygens (including phenoxy) is 1. The second kappa shape index (κ2) is 7.53. The lowest BCUT2D eigenvalue weighted by atomic mass is 10.0. The molecule has 2 aromatic rings. The van der Waals surface area contributed by atoms with E-state index in [4.69, 9.17) is 4.74 Å². The van der Waals surface area contributed by atoms with Crippen molar-refractivity contribution in [3.8, 4) is 0 Å². The number of nitrogens with zero attached hydrogens (tertiary/aromatic N) is 4. The zero-order chi connectivity index (χ0) is 16.9. The lowest BCUT2D eigenvalue weighted by Gasteiger charge is -2.19. The van der Waals surface area contributed by atoms with Crippen LogP contribution in [0.5, 0.6) is 0 Å². The number of tetrazole rings is 1. The van der Waals surface area contributed by atoms with E-state index < -0.39 is 0 Å². The van der Waals surface area contributed by atoms with Gasteiger partial charge in [-0.25, -0.2) is 0 Å². The second-order valence-corrected chi connectivity index (χ2v) is 6.40. The van der Waals surface area contributed by atoms with Crippen LogP contribution < -0.4 is 5.32 Å². The molecule has 128 valence electrons. The summed E-state index contributed by atoms with van der Waals surface area (Å²) in [5.41, 5.74) is 0.620. The lowest BCUT2D eigenvalue weighted by Crippen LogP contribution is -2.32. The fourth-order valence-corrected chi connectivity index (χ4v) is 2.77. The number of nitrogens with one attached hydrogen (secondary N) is 1. The summed E-state index contributed by atoms with van der Waals surface area (Å²) >= 11 is 0. The van der Waals surface area contributed by atoms with E-state index >= 15 is 0 Å². The molecule has 0 spiro atoms. The van der Waals surface area contributed by atoms with Crippen LogP contribution in [0, 0.1) is 5.92 Å². The molecular weight excluding hydrogens is 306 g/mol. The summed E-state index contributed by atoms with van der Waals surface area (Å²) in [6.45, 7) is 5.45. The number of hydrogen-bond acceptors (Lipinski definition) is 5. The van der Waals surface area contributed by atoms with Crippen molar-refractivity contribution in [1.29, 1.82) is 0 Å². The van der Waals surface area contributed by atoms with Gasteiger partial charge in [0, 0.05) is 12.2 Å². The molecule has 7 heteroatoms. The molecule has 2 atom stereocenters. The summed E-state index contributed by atoms with van der Waals surface area (Å²) in [6, 6.07) is 8.86. The Kier molecular flexibility index (Phi) is 5.20. The number of amides is 1. The monoisotopic (exact) mass is 329 g/mol. The van der Waals surface area contributed by atoms with Crippen LogP contribution in [-0.4, -0.2) is 38.8 Å². The van der Waals surface area contributed by atoms with E-state index in [-0.39, 0.29) is 24.0 Å². The van der Waals surface area contributed by atoms with Gasteiger partial charge in [-0.1, -0.05) is 32.0 Å². The van der Waals surface area contributed by atoms with Crippen LogP contribution in [0.2, 0.25) is 0 Å². The highest BCUT2D eigenvalue weighted by molar-refractivity contribution is 5.94. The Bertz CT molecular complexity index is 665. The van der Waals surface area contributed by atoms with Crippen molar-refractivity contribution in [2.24, 2.45) is 5.92 Å². The Hall–Kier alpha value is -2.28. The predicted molar refractivity (Wildman–Crippen MR) is 88.3 cm³/mol. The molecule has 7 nitrogen and oxygen atoms in total. The summed E-state index contributed by atoms with van der Waals surface area (Å²) in [6.07, 6.45) is 2.26. The number of rotatable bonds is 6. The smallest absolute Gasteiger partial charge is 0.251 e. The average molecular weight is 329 g/mol. The van der Waals surface area contributed by atoms with Gasteiger partial charge in [0.05, 0.1) is 18.7 Å². The average Bonchev–Trinajstić information content (AvgIpc) is 3.25. The standard InChI is InChI=1S/C17H23N5O2/c1-12(2)15(18-17(23)13-7-4-3-5-8-13)16-19-21-22(20-16)11-14-9-6-10-24-14/h3-5,7-8,12,14-15H,6,9-11H2,1-2H3,(H,18,23)/t14-,15-/m1/s1. The topological polar surface area (TPSA) is 81.9 Å². The van der Waals surface area contributed by atoms with E-state index in [1.165, 1.54) is 0 Å². The molecular formula is C17H23N5O2. The minimum absolute atomic E-state index is 0.134. The van der Waals surface area contributed by atoms with Crippen LogP contribution in [0.15, 0.2) is 30.3 Å². The van der Waals surface area contributed by atoms with Gasteiger partial charge >= 0.3 is 0 Å². The van der Waals surface area contributed by atoms with Gasteiger partial charge in [-0.15, -0.1) is 10.2 Å². The number of carbonyl (C=O) groups excluding carboxylic acids is 1. The molecule has 1 aromatic carbocycles. The highest BCUT2D eigenvalue weighted by Crippen LogP contribution is 2.19. The summed E-state index contributed by atoms with van der Waals surface area (Å²) in [5.74, 6) is 0.551. The van der Waals surface area contributed by atoms with Crippen molar-refractivity contribution in [2.45, 2.75) is 45.4 Å². The third kappa shape index (κ3) is 3.97. The first-order valence-corrected chi connectivity index (χ1v) is 8.38. The molecule has 1 aliphatic heterocycles. The largest absolute Gasteiger partial charge is 0.376 e. The minimum atomic E-state index is -0.282. The maximum Gasteiger partial charge on any atom is 0.251 e. The van der Waals surface area contributed by atoms with Crippen LogP contribution in [0.3, 0.4) is 0 Å². The molecule has 0 aliphatic carbocycles. The van der Waals surface area contributed by atoms with E-state index in [1.54, 1.807) is 16.9 Å². The minimum Gasteiger partial charge on any atom is -0.376 e. The fraction of sp³-hybridized carbons (Fsp3) is 0.529. The third-order valence-electron chi connectivity index (χ3n) is 4.13. The predicted octanol–water partition coefficient (Wildman–Crippen LogP) is 1.98. The molecule has 1 fully saturated rings. The second-order valence-electron chi connectivity index (χ2n) is 6.40. The third-order valence-corrected chi connectivity index (χ3v) is 4.13. The zero-order valence-corrected chi connectivity index (χ0v) is 14.1. The Labute approximate surface area is 141 Å². The molecule has 1 aliphatic rings. The van der Waals surface area contributed by atoms with Gasteiger partial charge in [-0.2, -0.15) is 4.80 Å². The van der Waals surface area contributed by atoms with Crippen LogP contribution in [0.25, 0.3) is 0 Å². The molecule has 0 radical (unpaired) electrons. The molecule has 0 saturated carbocycles. The van der Waals surface area contributed by atoms with Crippen LogP contribution >= 0.6 is 0 Å². The van der Waals surface area contributed by atoms with E-state index in [9.17, 15) is 4.79 Å². The highest BCUT2D eigenvalue weighted by Gasteiger charge is 2.25. The molecule has 3 rings (SSSR count). The van der Waals surface area contributed by atoms with Crippen LogP contribution in [0.4, 0.5) is 0 Å². The normalized spacial score (nSPS) is 18.7. The van der Waals surface area contributed by atoms with Crippen LogP contribution in [0.1, 0.15) is 48.9 Å². The Balaban J connectivity index is 1.69. The Morgan fingerprint density at radius 1 is 1.38 bits per heavy atom. The maximum absolute atomic E-state index is 12.4. The van der Waals surface area contributed by atoms with E-state index in [0.717, 1.165) is 19.4 Å². The van der Waals surface area contributed by atoms with Crippen molar-refractivity contribution in [1.82, 2.24) is 25.5 Å². The SMILES string of the molecule is CC(C)[C@@H](NC(=O)c1ccccc1)c1nnn(C[C@H]2CCCO2)n1. The molecule has 1 aromatic heterocycles. The Morgan fingerprint density at radius 2 is 2.17 bits per heavy atom. The van der Waals surface area contributed by atoms with E-state index in [2.05, 4.69) is 20.7 Å². The van der Waals surface area contributed by atoms with Gasteiger partial charge < -0.3 is 10.1 Å². The van der Waals surface area contributed by atoms with Gasteiger partial charge in [0.15, 0.2) is 5.82 Å². The first-order chi connectivity index (χ1) is 11.6. The van der Waals surface area contributed by atoms with Crippen molar-refractivity contribution in [3.05, 3.63) is 41.7 Å². The first kappa shape index (κ1) is 16.6. The van der Waals surface area contributed by atoms with E-state index in [1.807, 2.05) is 32.0 Å². The molecule has 0 unspecified atom stereocenters. The first-order valence-electron chi connectivity index (χ1n) is 8.38. The molecule has 1 saturated heterocycles. The van der Waals surface area contributed by atoms with Crippen molar-refractivity contribution >= 4 is 5.91 Å². The molecule has 1 N–H and O–H groups in total. The molecule has 1 amide bonds. The highest BCUT2D eigenvalue weighted by atomic mass is 16.5. The number of aromatic nitrogens is 4. The summed E-state index contributed by atoms with van der Waals surface area (Å²) in [7, 11) is 0. The molecule has 24 heavy (non-hydrogen) atoms. The Morgan fingerprint density at radius 3 is 2.83 bits per heavy atom. The number of carbonyl (C=O) groups is 1. The van der Waals surface area contributed by atoms with Crippen molar-refractivity contribution in [3.63, 3.8) is 0 Å². The van der Waals surface area contributed by atoms with Gasteiger partial charge in [-0.05, 0) is 36.1 Å². The zero-order valence-electron chi connectivity index (χ0n) is 14.1. The van der Waals surface area contributed by atoms with Crippen molar-refractivity contribution < 1.29 is 9.53 Å². The molecule has 2 heterocycles. The summed E-state index contributed by atoms with van der Waals surface area (Å²) < 4.78 is 5.60. The number of benzene rings is 1.